The van der Waals surface area contributed by atoms with Gasteiger partial charge in [-0.2, -0.15) is 0 Å². The predicted octanol–water partition coefficient (Wildman–Crippen LogP) is 14.3. The second kappa shape index (κ2) is 12.3. The molecule has 0 aliphatic heterocycles. The highest BCUT2D eigenvalue weighted by Gasteiger charge is 2.36. The standard InChI is InChI=1S/C55H37N3/c1-55(2)49-32-38(35-18-16-34(17-19-35)36-22-26-46-47(30-36)41-12-6-7-14-45(41)53-54(46)57-29-28-56-53)20-24-42(49)43-25-21-39(33-50(43)55)37-23-27-52-48(31-37)44-13-8-9-15-51(44)58(52)40-10-4-3-5-11-40/h3-33H,1-2H3. The highest BCUT2D eigenvalue weighted by molar-refractivity contribution is 6.23. The van der Waals surface area contributed by atoms with Crippen LogP contribution in [0.5, 0.6) is 0 Å². The second-order valence-corrected chi connectivity index (χ2v) is 16.2. The molecule has 58 heavy (non-hydrogen) atoms. The summed E-state index contributed by atoms with van der Waals surface area (Å²) < 4.78 is 2.38. The van der Waals surface area contributed by atoms with E-state index in [0.717, 1.165) is 21.8 Å². The van der Waals surface area contributed by atoms with Crippen molar-refractivity contribution in [3.8, 4) is 50.2 Å². The minimum Gasteiger partial charge on any atom is -0.309 e. The molecule has 1 aliphatic carbocycles. The van der Waals surface area contributed by atoms with E-state index in [0.29, 0.717) is 0 Å². The van der Waals surface area contributed by atoms with Gasteiger partial charge in [-0.25, -0.2) is 0 Å². The fourth-order valence-electron chi connectivity index (χ4n) is 9.77. The van der Waals surface area contributed by atoms with Gasteiger partial charge in [-0.05, 0) is 115 Å². The first-order valence-corrected chi connectivity index (χ1v) is 20.1. The third-order valence-corrected chi connectivity index (χ3v) is 12.7. The maximum absolute atomic E-state index is 4.74. The van der Waals surface area contributed by atoms with Crippen LogP contribution < -0.4 is 0 Å². The van der Waals surface area contributed by atoms with Gasteiger partial charge in [-0.3, -0.25) is 9.97 Å². The molecule has 0 atom stereocenters. The molecule has 0 radical (unpaired) electrons. The van der Waals surface area contributed by atoms with Crippen molar-refractivity contribution in [3.63, 3.8) is 0 Å². The lowest BCUT2D eigenvalue weighted by molar-refractivity contribution is 0.661. The molecule has 272 valence electrons. The van der Waals surface area contributed by atoms with Gasteiger partial charge in [0, 0.05) is 45.0 Å². The molecule has 0 saturated carbocycles. The van der Waals surface area contributed by atoms with Crippen LogP contribution in [-0.2, 0) is 5.41 Å². The summed E-state index contributed by atoms with van der Waals surface area (Å²) >= 11 is 0. The Morgan fingerprint density at radius 1 is 0.362 bits per heavy atom. The van der Waals surface area contributed by atoms with Crippen molar-refractivity contribution in [2.75, 3.05) is 0 Å². The van der Waals surface area contributed by atoms with Crippen LogP contribution in [0.4, 0.5) is 0 Å². The van der Waals surface area contributed by atoms with Crippen molar-refractivity contribution < 1.29 is 0 Å². The first kappa shape index (κ1) is 32.8. The van der Waals surface area contributed by atoms with Crippen molar-refractivity contribution in [2.45, 2.75) is 19.3 Å². The molecule has 1 aliphatic rings. The van der Waals surface area contributed by atoms with Gasteiger partial charge in [-0.1, -0.05) is 141 Å². The van der Waals surface area contributed by atoms with Crippen molar-refractivity contribution >= 4 is 54.4 Å². The van der Waals surface area contributed by atoms with Gasteiger partial charge in [0.05, 0.1) is 22.1 Å². The Bertz CT molecular complexity index is 3430. The van der Waals surface area contributed by atoms with Gasteiger partial charge in [0.2, 0.25) is 0 Å². The van der Waals surface area contributed by atoms with Crippen LogP contribution >= 0.6 is 0 Å². The van der Waals surface area contributed by atoms with E-state index in [1.54, 1.807) is 12.4 Å². The molecule has 12 rings (SSSR count). The molecule has 3 nitrogen and oxygen atoms in total. The molecule has 2 aromatic heterocycles. The summed E-state index contributed by atoms with van der Waals surface area (Å²) in [6, 6.07) is 64.8. The molecule has 11 aromatic rings. The van der Waals surface area contributed by atoms with Crippen LogP contribution in [0.3, 0.4) is 0 Å². The van der Waals surface area contributed by atoms with E-state index in [2.05, 4.69) is 194 Å². The quantitative estimate of drug-likeness (QED) is 0.168. The molecule has 2 heterocycles. The smallest absolute Gasteiger partial charge is 0.0971 e. The Labute approximate surface area is 336 Å². The molecule has 9 aromatic carbocycles. The normalized spacial score (nSPS) is 13.1. The number of aromatic nitrogens is 3. The topological polar surface area (TPSA) is 30.7 Å². The Kier molecular flexibility index (Phi) is 6.98. The van der Waals surface area contributed by atoms with Crippen molar-refractivity contribution in [1.29, 1.82) is 0 Å². The van der Waals surface area contributed by atoms with Crippen LogP contribution in [0, 0.1) is 0 Å². The van der Waals surface area contributed by atoms with E-state index in [1.807, 2.05) is 0 Å². The van der Waals surface area contributed by atoms with E-state index in [1.165, 1.54) is 93.9 Å². The first-order chi connectivity index (χ1) is 28.5. The number of fused-ring (bicyclic) bond motifs is 12. The number of para-hydroxylation sites is 2. The number of hydrogen-bond donors (Lipinski definition) is 0. The summed E-state index contributed by atoms with van der Waals surface area (Å²) in [6.45, 7) is 4.76. The lowest BCUT2D eigenvalue weighted by Crippen LogP contribution is -2.15. The van der Waals surface area contributed by atoms with Crippen LogP contribution in [0.25, 0.3) is 105 Å². The van der Waals surface area contributed by atoms with Gasteiger partial charge in [0.1, 0.15) is 0 Å². The zero-order chi connectivity index (χ0) is 38.5. The summed E-state index contributed by atoms with van der Waals surface area (Å²) in [7, 11) is 0. The molecule has 0 unspecified atom stereocenters. The molecular weight excluding hydrogens is 703 g/mol. The first-order valence-electron chi connectivity index (χ1n) is 20.1. The highest BCUT2D eigenvalue weighted by Crippen LogP contribution is 2.51. The van der Waals surface area contributed by atoms with Gasteiger partial charge >= 0.3 is 0 Å². The van der Waals surface area contributed by atoms with Crippen molar-refractivity contribution in [2.24, 2.45) is 0 Å². The molecule has 3 heteroatoms. The van der Waals surface area contributed by atoms with E-state index in [4.69, 9.17) is 9.97 Å². The zero-order valence-corrected chi connectivity index (χ0v) is 32.2. The molecule has 0 saturated heterocycles. The van der Waals surface area contributed by atoms with Crippen LogP contribution in [-0.4, -0.2) is 14.5 Å². The monoisotopic (exact) mass is 739 g/mol. The number of hydrogen-bond acceptors (Lipinski definition) is 2. The molecule has 0 spiro atoms. The van der Waals surface area contributed by atoms with Crippen LogP contribution in [0.1, 0.15) is 25.0 Å². The minimum atomic E-state index is -0.146. The lowest BCUT2D eigenvalue weighted by atomic mass is 9.80. The Morgan fingerprint density at radius 3 is 1.52 bits per heavy atom. The van der Waals surface area contributed by atoms with E-state index < -0.39 is 0 Å². The highest BCUT2D eigenvalue weighted by atomic mass is 15.0. The average molecular weight is 740 g/mol. The Balaban J connectivity index is 0.882. The number of benzene rings is 9. The van der Waals surface area contributed by atoms with Crippen LogP contribution in [0.2, 0.25) is 0 Å². The minimum absolute atomic E-state index is 0.146. The Hall–Kier alpha value is -7.36. The second-order valence-electron chi connectivity index (χ2n) is 16.2. The van der Waals surface area contributed by atoms with Gasteiger partial charge in [0.25, 0.3) is 0 Å². The molecule has 0 amide bonds. The Morgan fingerprint density at radius 2 is 0.828 bits per heavy atom. The van der Waals surface area contributed by atoms with Gasteiger partial charge in [0.15, 0.2) is 0 Å². The molecule has 0 bridgehead atoms. The third kappa shape index (κ3) is 4.80. The van der Waals surface area contributed by atoms with Crippen molar-refractivity contribution in [3.05, 3.63) is 199 Å². The van der Waals surface area contributed by atoms with E-state index in [9.17, 15) is 0 Å². The fraction of sp³-hybridized carbons (Fsp3) is 0.0545. The SMILES string of the molecule is CC1(C)c2cc(-c3ccc(-c4ccc5c(c4)c4ccccc4c4nccnc54)cc3)ccc2-c2ccc(-c3ccc4c(c3)c3ccccc3n4-c3ccccc3)cc21. The maximum atomic E-state index is 4.74. The molecule has 0 N–H and O–H groups in total. The predicted molar refractivity (Wildman–Crippen MR) is 243 cm³/mol. The van der Waals surface area contributed by atoms with Gasteiger partial charge < -0.3 is 4.57 Å². The molecule has 0 fully saturated rings. The fourth-order valence-corrected chi connectivity index (χ4v) is 9.77. The summed E-state index contributed by atoms with van der Waals surface area (Å²) in [4.78, 5) is 9.44. The van der Waals surface area contributed by atoms with Crippen molar-refractivity contribution in [1.82, 2.24) is 14.5 Å². The molecular formula is C55H37N3. The van der Waals surface area contributed by atoms with Gasteiger partial charge in [-0.15, -0.1) is 0 Å². The largest absolute Gasteiger partial charge is 0.309 e. The summed E-state index contributed by atoms with van der Waals surface area (Å²) in [5.41, 5.74) is 18.1. The maximum Gasteiger partial charge on any atom is 0.0971 e. The summed E-state index contributed by atoms with van der Waals surface area (Å²) in [5, 5.41) is 7.20. The van der Waals surface area contributed by atoms with E-state index in [-0.39, 0.29) is 5.41 Å². The summed E-state index contributed by atoms with van der Waals surface area (Å²) in [5.74, 6) is 0. The zero-order valence-electron chi connectivity index (χ0n) is 32.2. The van der Waals surface area contributed by atoms with E-state index >= 15 is 0 Å². The lowest BCUT2D eigenvalue weighted by Gasteiger charge is -2.22. The average Bonchev–Trinajstić information content (AvgIpc) is 3.74. The van der Waals surface area contributed by atoms with Crippen LogP contribution in [0.15, 0.2) is 188 Å². The summed E-state index contributed by atoms with van der Waals surface area (Å²) in [6.07, 6.45) is 3.56. The third-order valence-electron chi connectivity index (χ3n) is 12.7. The number of nitrogens with zero attached hydrogens (tertiary/aromatic N) is 3. The number of rotatable bonds is 4.